The van der Waals surface area contributed by atoms with E-state index >= 15 is 0 Å². The highest BCUT2D eigenvalue weighted by molar-refractivity contribution is 6.30. The van der Waals surface area contributed by atoms with Gasteiger partial charge >= 0.3 is 0 Å². The second-order valence-corrected chi connectivity index (χ2v) is 3.54. The van der Waals surface area contributed by atoms with E-state index in [1.165, 1.54) is 0 Å². The molecule has 0 atom stereocenters. The molecule has 0 aliphatic rings. The number of hydrogen-bond acceptors (Lipinski definition) is 3. The third-order valence-electron chi connectivity index (χ3n) is 2.00. The zero-order valence-corrected chi connectivity index (χ0v) is 9.65. The highest BCUT2D eigenvalue weighted by Crippen LogP contribution is 2.19. The second-order valence-electron chi connectivity index (χ2n) is 3.18. The van der Waals surface area contributed by atoms with Gasteiger partial charge in [0.1, 0.15) is 5.15 Å². The molecule has 1 N–H and O–H groups in total. The van der Waals surface area contributed by atoms with Gasteiger partial charge in [-0.1, -0.05) is 24.9 Å². The van der Waals surface area contributed by atoms with Gasteiger partial charge in [0.2, 0.25) is 5.95 Å². The molecule has 14 heavy (non-hydrogen) atoms. The van der Waals surface area contributed by atoms with Crippen molar-refractivity contribution >= 4 is 17.5 Å². The SMILES string of the molecule is CCCc1c(C)nc(NCC)nc1Cl. The topological polar surface area (TPSA) is 37.8 Å². The van der Waals surface area contributed by atoms with Crippen molar-refractivity contribution in [1.29, 1.82) is 0 Å². The first-order chi connectivity index (χ1) is 6.69. The Hall–Kier alpha value is -0.830. The van der Waals surface area contributed by atoms with E-state index in [-0.39, 0.29) is 0 Å². The summed E-state index contributed by atoms with van der Waals surface area (Å²) < 4.78 is 0. The molecule has 0 radical (unpaired) electrons. The first-order valence-electron chi connectivity index (χ1n) is 4.95. The van der Waals surface area contributed by atoms with Gasteiger partial charge in [0.25, 0.3) is 0 Å². The van der Waals surface area contributed by atoms with E-state index in [1.54, 1.807) is 0 Å². The molecule has 0 spiro atoms. The van der Waals surface area contributed by atoms with Crippen LogP contribution in [0.3, 0.4) is 0 Å². The Bertz CT molecular complexity index is 289. The van der Waals surface area contributed by atoms with Gasteiger partial charge in [-0.3, -0.25) is 0 Å². The molecule has 4 heteroatoms. The molecule has 0 amide bonds. The number of nitrogens with zero attached hydrogens (tertiary/aromatic N) is 2. The van der Waals surface area contributed by atoms with E-state index in [0.717, 1.165) is 30.6 Å². The molecule has 0 unspecified atom stereocenters. The number of rotatable bonds is 4. The van der Waals surface area contributed by atoms with Crippen LogP contribution in [0.2, 0.25) is 5.15 Å². The van der Waals surface area contributed by atoms with Crippen LogP contribution in [-0.4, -0.2) is 16.5 Å². The molecule has 1 aromatic rings. The third kappa shape index (κ3) is 2.58. The van der Waals surface area contributed by atoms with Crippen molar-refractivity contribution in [1.82, 2.24) is 9.97 Å². The highest BCUT2D eigenvalue weighted by atomic mass is 35.5. The van der Waals surface area contributed by atoms with Crippen molar-refractivity contribution in [3.05, 3.63) is 16.4 Å². The lowest BCUT2D eigenvalue weighted by Gasteiger charge is -2.08. The molecule has 1 rings (SSSR count). The normalized spacial score (nSPS) is 10.3. The Labute approximate surface area is 89.9 Å². The standard InChI is InChI=1S/C10H16ClN3/c1-4-6-8-7(3)13-10(12-5-2)14-9(8)11/h4-6H2,1-3H3,(H,12,13,14). The minimum Gasteiger partial charge on any atom is -0.354 e. The van der Waals surface area contributed by atoms with Crippen molar-refractivity contribution in [2.24, 2.45) is 0 Å². The predicted octanol–water partition coefficient (Wildman–Crippen LogP) is 2.82. The Kier molecular flexibility index (Phi) is 4.14. The lowest BCUT2D eigenvalue weighted by atomic mass is 10.1. The van der Waals surface area contributed by atoms with Gasteiger partial charge in [0.05, 0.1) is 0 Å². The third-order valence-corrected chi connectivity index (χ3v) is 2.31. The van der Waals surface area contributed by atoms with Gasteiger partial charge in [-0.05, 0) is 20.3 Å². The van der Waals surface area contributed by atoms with Crippen molar-refractivity contribution in [2.75, 3.05) is 11.9 Å². The number of anilines is 1. The molecule has 0 aliphatic carbocycles. The van der Waals surface area contributed by atoms with Gasteiger partial charge < -0.3 is 5.32 Å². The lowest BCUT2D eigenvalue weighted by molar-refractivity contribution is 0.882. The maximum absolute atomic E-state index is 6.06. The summed E-state index contributed by atoms with van der Waals surface area (Å²) in [4.78, 5) is 8.52. The number of aryl methyl sites for hydroxylation is 1. The first kappa shape index (κ1) is 11.2. The lowest BCUT2D eigenvalue weighted by Crippen LogP contribution is -2.06. The Morgan fingerprint density at radius 3 is 2.50 bits per heavy atom. The Morgan fingerprint density at radius 1 is 1.29 bits per heavy atom. The number of halogens is 1. The summed E-state index contributed by atoms with van der Waals surface area (Å²) in [6.07, 6.45) is 2.00. The summed E-state index contributed by atoms with van der Waals surface area (Å²) in [5.41, 5.74) is 2.04. The minimum atomic E-state index is 0.579. The average Bonchev–Trinajstić information content (AvgIpc) is 2.12. The quantitative estimate of drug-likeness (QED) is 0.782. The monoisotopic (exact) mass is 213 g/mol. The van der Waals surface area contributed by atoms with E-state index < -0.39 is 0 Å². The molecule has 0 bridgehead atoms. The number of aromatic nitrogens is 2. The predicted molar refractivity (Wildman–Crippen MR) is 59.9 cm³/mol. The van der Waals surface area contributed by atoms with Crippen molar-refractivity contribution < 1.29 is 0 Å². The molecule has 1 heterocycles. The average molecular weight is 214 g/mol. The van der Waals surface area contributed by atoms with Crippen LogP contribution in [0.25, 0.3) is 0 Å². The van der Waals surface area contributed by atoms with Crippen LogP contribution in [0.1, 0.15) is 31.5 Å². The first-order valence-corrected chi connectivity index (χ1v) is 5.33. The highest BCUT2D eigenvalue weighted by Gasteiger charge is 2.08. The fourth-order valence-corrected chi connectivity index (χ4v) is 1.64. The van der Waals surface area contributed by atoms with Crippen molar-refractivity contribution in [3.63, 3.8) is 0 Å². The molecule has 0 saturated carbocycles. The molecular formula is C10H16ClN3. The molecule has 0 aliphatic heterocycles. The van der Waals surface area contributed by atoms with E-state index in [9.17, 15) is 0 Å². The van der Waals surface area contributed by atoms with E-state index in [4.69, 9.17) is 11.6 Å². The van der Waals surface area contributed by atoms with Gasteiger partial charge in [0, 0.05) is 17.8 Å². The molecule has 0 saturated heterocycles. The summed E-state index contributed by atoms with van der Waals surface area (Å²) in [5, 5.41) is 3.63. The molecule has 3 nitrogen and oxygen atoms in total. The van der Waals surface area contributed by atoms with Gasteiger partial charge in [-0.15, -0.1) is 0 Å². The smallest absolute Gasteiger partial charge is 0.224 e. The van der Waals surface area contributed by atoms with Crippen LogP contribution in [0.4, 0.5) is 5.95 Å². The maximum Gasteiger partial charge on any atom is 0.224 e. The van der Waals surface area contributed by atoms with Crippen LogP contribution in [0.5, 0.6) is 0 Å². The van der Waals surface area contributed by atoms with Crippen LogP contribution in [-0.2, 0) is 6.42 Å². The summed E-state index contributed by atoms with van der Waals surface area (Å²) in [6.45, 7) is 6.91. The summed E-state index contributed by atoms with van der Waals surface area (Å²) in [7, 11) is 0. The van der Waals surface area contributed by atoms with Gasteiger partial charge in [-0.2, -0.15) is 0 Å². The fraction of sp³-hybridized carbons (Fsp3) is 0.600. The molecule has 0 fully saturated rings. The summed E-state index contributed by atoms with van der Waals surface area (Å²) >= 11 is 6.06. The Morgan fingerprint density at radius 2 is 2.00 bits per heavy atom. The number of hydrogen-bond donors (Lipinski definition) is 1. The van der Waals surface area contributed by atoms with Crippen LogP contribution < -0.4 is 5.32 Å². The molecular weight excluding hydrogens is 198 g/mol. The Balaban J connectivity index is 2.98. The van der Waals surface area contributed by atoms with Crippen molar-refractivity contribution in [2.45, 2.75) is 33.6 Å². The van der Waals surface area contributed by atoms with Crippen LogP contribution in [0.15, 0.2) is 0 Å². The largest absolute Gasteiger partial charge is 0.354 e. The molecule has 0 aromatic carbocycles. The molecule has 1 aromatic heterocycles. The number of nitrogens with one attached hydrogen (secondary N) is 1. The van der Waals surface area contributed by atoms with Gasteiger partial charge in [0.15, 0.2) is 0 Å². The second kappa shape index (κ2) is 5.15. The van der Waals surface area contributed by atoms with Gasteiger partial charge in [-0.25, -0.2) is 9.97 Å². The van der Waals surface area contributed by atoms with E-state index in [0.29, 0.717) is 11.1 Å². The van der Waals surface area contributed by atoms with E-state index in [2.05, 4.69) is 22.2 Å². The van der Waals surface area contributed by atoms with E-state index in [1.807, 2.05) is 13.8 Å². The minimum absolute atomic E-state index is 0.579. The van der Waals surface area contributed by atoms with Crippen LogP contribution >= 0.6 is 11.6 Å². The fourth-order valence-electron chi connectivity index (χ4n) is 1.33. The molecule has 78 valence electrons. The zero-order chi connectivity index (χ0) is 10.6. The van der Waals surface area contributed by atoms with Crippen LogP contribution in [0, 0.1) is 6.92 Å². The summed E-state index contributed by atoms with van der Waals surface area (Å²) in [5.74, 6) is 0.620. The summed E-state index contributed by atoms with van der Waals surface area (Å²) in [6, 6.07) is 0. The zero-order valence-electron chi connectivity index (χ0n) is 8.89. The maximum atomic E-state index is 6.06. The van der Waals surface area contributed by atoms with Crippen molar-refractivity contribution in [3.8, 4) is 0 Å².